The summed E-state index contributed by atoms with van der Waals surface area (Å²) in [6.45, 7) is 1.02. The van der Waals surface area contributed by atoms with Gasteiger partial charge >= 0.3 is 0 Å². The number of carbonyl (C=O) groups is 1. The molecule has 0 bridgehead atoms. The van der Waals surface area contributed by atoms with E-state index in [-0.39, 0.29) is 29.8 Å². The van der Waals surface area contributed by atoms with Crippen molar-refractivity contribution in [1.82, 2.24) is 9.21 Å². The second-order valence-electron chi connectivity index (χ2n) is 5.59. The number of nitrogens with zero attached hydrogens (tertiary/aromatic N) is 2. The third-order valence-corrected chi connectivity index (χ3v) is 7.76. The van der Waals surface area contributed by atoms with Crippen LogP contribution in [0.25, 0.3) is 0 Å². The molecule has 0 atom stereocenters. The standard InChI is InChI=1S/C16H16Cl2N2O4S2/c17-12-1-3-13(4-2-12)24-11-15(21)19-7-9-20(10-8-19)26(22,23)16-6-5-14(18)25-16/h1-6H,7-11H2. The minimum atomic E-state index is -3.56. The van der Waals surface area contributed by atoms with Crippen LogP contribution in [-0.4, -0.2) is 56.3 Å². The van der Waals surface area contributed by atoms with Crippen LogP contribution in [0.5, 0.6) is 5.75 Å². The summed E-state index contributed by atoms with van der Waals surface area (Å²) >= 11 is 12.7. The fourth-order valence-corrected chi connectivity index (χ4v) is 5.69. The highest BCUT2D eigenvalue weighted by Gasteiger charge is 2.31. The van der Waals surface area contributed by atoms with E-state index in [1.807, 2.05) is 0 Å². The molecular weight excluding hydrogens is 419 g/mol. The maximum atomic E-state index is 12.6. The highest BCUT2D eigenvalue weighted by Crippen LogP contribution is 2.28. The van der Waals surface area contributed by atoms with Gasteiger partial charge in [-0.2, -0.15) is 4.31 Å². The van der Waals surface area contributed by atoms with Crippen LogP contribution in [0.1, 0.15) is 0 Å². The molecule has 2 aromatic rings. The van der Waals surface area contributed by atoms with Gasteiger partial charge in [-0.3, -0.25) is 4.79 Å². The molecular formula is C16H16Cl2N2O4S2. The van der Waals surface area contributed by atoms with Crippen LogP contribution < -0.4 is 4.74 Å². The first-order valence-corrected chi connectivity index (χ1v) is 10.8. The molecule has 1 saturated heterocycles. The van der Waals surface area contributed by atoms with Gasteiger partial charge in [0.05, 0.1) is 4.34 Å². The number of halogens is 2. The monoisotopic (exact) mass is 434 g/mol. The second kappa shape index (κ2) is 8.14. The highest BCUT2D eigenvalue weighted by molar-refractivity contribution is 7.91. The van der Waals surface area contributed by atoms with Crippen molar-refractivity contribution in [2.24, 2.45) is 0 Å². The quantitative estimate of drug-likeness (QED) is 0.725. The topological polar surface area (TPSA) is 66.9 Å². The lowest BCUT2D eigenvalue weighted by atomic mass is 10.3. The number of rotatable bonds is 5. The molecule has 0 unspecified atom stereocenters. The Morgan fingerprint density at radius 3 is 2.27 bits per heavy atom. The van der Waals surface area contributed by atoms with Gasteiger partial charge in [0.2, 0.25) is 0 Å². The van der Waals surface area contributed by atoms with Gasteiger partial charge in [-0.15, -0.1) is 11.3 Å². The molecule has 0 radical (unpaired) electrons. The summed E-state index contributed by atoms with van der Waals surface area (Å²) in [6, 6.07) is 9.80. The SMILES string of the molecule is O=C(COc1ccc(Cl)cc1)N1CCN(S(=O)(=O)c2ccc(Cl)s2)CC1. The fraction of sp³-hybridized carbons (Fsp3) is 0.312. The van der Waals surface area contributed by atoms with E-state index in [1.165, 1.54) is 10.4 Å². The van der Waals surface area contributed by atoms with E-state index in [9.17, 15) is 13.2 Å². The molecule has 1 fully saturated rings. The van der Waals surface area contributed by atoms with E-state index >= 15 is 0 Å². The molecule has 0 spiro atoms. The van der Waals surface area contributed by atoms with Gasteiger partial charge in [0, 0.05) is 31.2 Å². The summed E-state index contributed by atoms with van der Waals surface area (Å²) in [6.07, 6.45) is 0. The van der Waals surface area contributed by atoms with Crippen molar-refractivity contribution < 1.29 is 17.9 Å². The summed E-state index contributed by atoms with van der Waals surface area (Å²) in [4.78, 5) is 13.9. The summed E-state index contributed by atoms with van der Waals surface area (Å²) in [7, 11) is -3.56. The summed E-state index contributed by atoms with van der Waals surface area (Å²) < 4.78 is 32.6. The number of hydrogen-bond donors (Lipinski definition) is 0. The van der Waals surface area contributed by atoms with E-state index < -0.39 is 10.0 Å². The predicted molar refractivity (Wildman–Crippen MR) is 102 cm³/mol. The molecule has 1 aliphatic heterocycles. The van der Waals surface area contributed by atoms with Crippen LogP contribution in [0.4, 0.5) is 0 Å². The van der Waals surface area contributed by atoms with Crippen molar-refractivity contribution in [3.05, 3.63) is 45.8 Å². The summed E-state index contributed by atoms with van der Waals surface area (Å²) in [5, 5.41) is 0.591. The van der Waals surface area contributed by atoms with Gasteiger partial charge in [0.25, 0.3) is 15.9 Å². The predicted octanol–water partition coefficient (Wildman–Crippen LogP) is 2.97. The van der Waals surface area contributed by atoms with Gasteiger partial charge in [-0.25, -0.2) is 8.42 Å². The average Bonchev–Trinajstić information content (AvgIpc) is 3.08. The van der Waals surface area contributed by atoms with Crippen LogP contribution in [-0.2, 0) is 14.8 Å². The minimum Gasteiger partial charge on any atom is -0.484 e. The lowest BCUT2D eigenvalue weighted by Gasteiger charge is -2.33. The second-order valence-corrected chi connectivity index (χ2v) is 9.90. The van der Waals surface area contributed by atoms with Gasteiger partial charge in [-0.05, 0) is 36.4 Å². The largest absolute Gasteiger partial charge is 0.484 e. The molecule has 3 rings (SSSR count). The number of carbonyl (C=O) groups excluding carboxylic acids is 1. The van der Waals surface area contributed by atoms with E-state index in [1.54, 1.807) is 35.2 Å². The molecule has 26 heavy (non-hydrogen) atoms. The number of ether oxygens (including phenoxy) is 1. The number of sulfonamides is 1. The maximum absolute atomic E-state index is 12.6. The normalized spacial score (nSPS) is 15.8. The van der Waals surface area contributed by atoms with Crippen molar-refractivity contribution in [3.63, 3.8) is 0 Å². The molecule has 1 aromatic heterocycles. The number of thiophene rings is 1. The first-order chi connectivity index (χ1) is 12.4. The van der Waals surface area contributed by atoms with Crippen molar-refractivity contribution in [3.8, 4) is 5.75 Å². The van der Waals surface area contributed by atoms with Crippen LogP contribution >= 0.6 is 34.5 Å². The summed E-state index contributed by atoms with van der Waals surface area (Å²) in [5.41, 5.74) is 0. The number of amides is 1. The molecule has 2 heterocycles. The average molecular weight is 435 g/mol. The Bertz CT molecular complexity index is 876. The molecule has 0 aliphatic carbocycles. The fourth-order valence-electron chi connectivity index (χ4n) is 2.51. The number of hydrogen-bond acceptors (Lipinski definition) is 5. The summed E-state index contributed by atoms with van der Waals surface area (Å²) in [5.74, 6) is 0.370. The lowest BCUT2D eigenvalue weighted by Crippen LogP contribution is -2.51. The first-order valence-electron chi connectivity index (χ1n) is 7.78. The molecule has 0 N–H and O–H groups in total. The Hall–Kier alpha value is -1.32. The van der Waals surface area contributed by atoms with Crippen LogP contribution in [0.15, 0.2) is 40.6 Å². The Kier molecular flexibility index (Phi) is 6.09. The van der Waals surface area contributed by atoms with E-state index in [0.29, 0.717) is 28.2 Å². The third kappa shape index (κ3) is 4.50. The Balaban J connectivity index is 1.53. The highest BCUT2D eigenvalue weighted by atomic mass is 35.5. The van der Waals surface area contributed by atoms with Crippen molar-refractivity contribution in [2.45, 2.75) is 4.21 Å². The van der Waals surface area contributed by atoms with E-state index in [4.69, 9.17) is 27.9 Å². The Morgan fingerprint density at radius 1 is 1.04 bits per heavy atom. The Labute approximate surface area is 165 Å². The molecule has 6 nitrogen and oxygen atoms in total. The zero-order valence-electron chi connectivity index (χ0n) is 13.6. The zero-order valence-corrected chi connectivity index (χ0v) is 16.7. The van der Waals surface area contributed by atoms with Gasteiger partial charge < -0.3 is 9.64 Å². The van der Waals surface area contributed by atoms with E-state index in [2.05, 4.69) is 0 Å². The molecule has 140 valence electrons. The minimum absolute atomic E-state index is 0.102. The third-order valence-electron chi connectivity index (χ3n) is 3.91. The molecule has 1 aliphatic rings. The van der Waals surface area contributed by atoms with Gasteiger partial charge in [0.1, 0.15) is 9.96 Å². The number of benzene rings is 1. The smallest absolute Gasteiger partial charge is 0.260 e. The van der Waals surface area contributed by atoms with Crippen LogP contribution in [0, 0.1) is 0 Å². The van der Waals surface area contributed by atoms with Crippen molar-refractivity contribution in [1.29, 1.82) is 0 Å². The zero-order chi connectivity index (χ0) is 18.7. The molecule has 1 amide bonds. The van der Waals surface area contributed by atoms with Gasteiger partial charge in [0.15, 0.2) is 6.61 Å². The van der Waals surface area contributed by atoms with Gasteiger partial charge in [-0.1, -0.05) is 23.2 Å². The first kappa shape index (κ1) is 19.4. The Morgan fingerprint density at radius 2 is 1.69 bits per heavy atom. The molecule has 1 aromatic carbocycles. The molecule has 10 heteroatoms. The number of piperazine rings is 1. The maximum Gasteiger partial charge on any atom is 0.260 e. The van der Waals surface area contributed by atoms with Crippen molar-refractivity contribution >= 4 is 50.5 Å². The van der Waals surface area contributed by atoms with Crippen LogP contribution in [0.2, 0.25) is 9.36 Å². The van der Waals surface area contributed by atoms with Crippen molar-refractivity contribution in [2.75, 3.05) is 32.8 Å². The van der Waals surface area contributed by atoms with E-state index in [0.717, 1.165) is 11.3 Å². The lowest BCUT2D eigenvalue weighted by molar-refractivity contribution is -0.134. The molecule has 0 saturated carbocycles. The van der Waals surface area contributed by atoms with Crippen LogP contribution in [0.3, 0.4) is 0 Å².